The highest BCUT2D eigenvalue weighted by molar-refractivity contribution is 5.94. The number of nitrogens with one attached hydrogen (secondary N) is 2. The summed E-state index contributed by atoms with van der Waals surface area (Å²) in [5.41, 5.74) is 4.30. The van der Waals surface area contributed by atoms with Crippen molar-refractivity contribution in [3.8, 4) is 11.3 Å². The first-order chi connectivity index (χ1) is 16.5. The van der Waals surface area contributed by atoms with Gasteiger partial charge < -0.3 is 15.5 Å². The van der Waals surface area contributed by atoms with Crippen molar-refractivity contribution >= 4 is 28.7 Å². The number of hydrogen-bond donors (Lipinski definition) is 2. The highest BCUT2D eigenvalue weighted by Gasteiger charge is 2.18. The van der Waals surface area contributed by atoms with E-state index in [0.717, 1.165) is 36.2 Å². The van der Waals surface area contributed by atoms with Crippen molar-refractivity contribution in [1.82, 2.24) is 35.1 Å². The number of carbonyl (C=O) groups is 1. The van der Waals surface area contributed by atoms with Gasteiger partial charge in [0.25, 0.3) is 5.91 Å². The van der Waals surface area contributed by atoms with Crippen LogP contribution in [0.5, 0.6) is 0 Å². The molecule has 0 radical (unpaired) electrons. The Labute approximate surface area is 195 Å². The van der Waals surface area contributed by atoms with Crippen molar-refractivity contribution < 1.29 is 9.18 Å². The summed E-state index contributed by atoms with van der Waals surface area (Å²) < 4.78 is 14.6. The van der Waals surface area contributed by atoms with E-state index in [1.807, 2.05) is 13.8 Å². The monoisotopic (exact) mass is 458 g/mol. The number of amides is 1. The van der Waals surface area contributed by atoms with Crippen LogP contribution in [0.2, 0.25) is 0 Å². The molecular weight excluding hydrogens is 435 g/mol. The fraction of sp³-hybridized carbons (Fsp3) is 0.250. The molecule has 0 unspecified atom stereocenters. The van der Waals surface area contributed by atoms with Gasteiger partial charge in [0.15, 0.2) is 5.82 Å². The van der Waals surface area contributed by atoms with Crippen LogP contribution in [0.1, 0.15) is 21.7 Å². The van der Waals surface area contributed by atoms with Crippen molar-refractivity contribution in [2.45, 2.75) is 13.8 Å². The molecule has 1 aromatic carbocycles. The van der Waals surface area contributed by atoms with Gasteiger partial charge in [0.05, 0.1) is 34.2 Å². The molecule has 4 heterocycles. The van der Waals surface area contributed by atoms with Crippen molar-refractivity contribution in [3.05, 3.63) is 65.5 Å². The van der Waals surface area contributed by atoms with Crippen molar-refractivity contribution in [2.24, 2.45) is 0 Å². The number of halogens is 1. The average Bonchev–Trinajstić information content (AvgIpc) is 2.86. The minimum Gasteiger partial charge on any atom is -0.336 e. The standard InChI is InChI=1S/C24H23FN8O/c1-14-15(2)30-20-11-16(3-5-19(20)29-14)22-18(25)13-28-24(32-22)31-21-6-4-17(12-27-21)23(34)33-9-7-26-8-10-33/h3-6,11-13,26H,7-10H2,1-2H3,(H,27,28,31,32). The number of aromatic nitrogens is 5. The number of benzene rings is 1. The quantitative estimate of drug-likeness (QED) is 0.480. The maximum Gasteiger partial charge on any atom is 0.255 e. The maximum absolute atomic E-state index is 14.6. The number of aryl methyl sites for hydroxylation is 2. The van der Waals surface area contributed by atoms with Gasteiger partial charge in [-0.05, 0) is 38.1 Å². The van der Waals surface area contributed by atoms with E-state index in [1.165, 1.54) is 6.20 Å². The second kappa shape index (κ2) is 9.06. The topological polar surface area (TPSA) is 109 Å². The predicted molar refractivity (Wildman–Crippen MR) is 126 cm³/mol. The zero-order valence-electron chi connectivity index (χ0n) is 18.8. The van der Waals surface area contributed by atoms with E-state index >= 15 is 0 Å². The molecule has 0 saturated carbocycles. The number of anilines is 2. The Hall–Kier alpha value is -4.05. The number of rotatable bonds is 4. The van der Waals surface area contributed by atoms with Crippen molar-refractivity contribution in [1.29, 1.82) is 0 Å². The lowest BCUT2D eigenvalue weighted by atomic mass is 10.1. The van der Waals surface area contributed by atoms with E-state index in [1.54, 1.807) is 35.2 Å². The first-order valence-electron chi connectivity index (χ1n) is 11.0. The lowest BCUT2D eigenvalue weighted by Gasteiger charge is -2.27. The molecule has 1 fully saturated rings. The predicted octanol–water partition coefficient (Wildman–Crippen LogP) is 3.03. The van der Waals surface area contributed by atoms with Gasteiger partial charge in [-0.2, -0.15) is 0 Å². The first kappa shape index (κ1) is 21.8. The van der Waals surface area contributed by atoms with Crippen LogP contribution in [-0.4, -0.2) is 61.9 Å². The minimum atomic E-state index is -0.549. The second-order valence-corrected chi connectivity index (χ2v) is 8.09. The van der Waals surface area contributed by atoms with Gasteiger partial charge in [-0.1, -0.05) is 6.07 Å². The van der Waals surface area contributed by atoms with Crippen molar-refractivity contribution in [3.63, 3.8) is 0 Å². The number of hydrogen-bond acceptors (Lipinski definition) is 8. The Morgan fingerprint density at radius 1 is 0.971 bits per heavy atom. The number of pyridine rings is 1. The summed E-state index contributed by atoms with van der Waals surface area (Å²) in [7, 11) is 0. The lowest BCUT2D eigenvalue weighted by Crippen LogP contribution is -2.46. The van der Waals surface area contributed by atoms with Gasteiger partial charge in [0.2, 0.25) is 5.95 Å². The Kier molecular flexibility index (Phi) is 5.81. The number of piperazine rings is 1. The molecule has 1 amide bonds. The molecule has 1 aliphatic rings. The summed E-state index contributed by atoms with van der Waals surface area (Å²) in [6.45, 7) is 6.70. The smallest absolute Gasteiger partial charge is 0.255 e. The van der Waals surface area contributed by atoms with Crippen LogP contribution in [0, 0.1) is 19.7 Å². The Balaban J connectivity index is 1.37. The van der Waals surface area contributed by atoms with Crippen LogP contribution in [-0.2, 0) is 0 Å². The normalized spacial score (nSPS) is 13.8. The van der Waals surface area contributed by atoms with Crippen LogP contribution in [0.15, 0.2) is 42.7 Å². The number of carbonyl (C=O) groups excluding carboxylic acids is 1. The molecule has 1 saturated heterocycles. The third-order valence-corrected chi connectivity index (χ3v) is 5.75. The molecule has 4 aromatic rings. The molecule has 1 aliphatic heterocycles. The fourth-order valence-corrected chi connectivity index (χ4v) is 3.77. The summed E-state index contributed by atoms with van der Waals surface area (Å²) in [5, 5.41) is 6.20. The van der Waals surface area contributed by atoms with Crippen molar-refractivity contribution in [2.75, 3.05) is 31.5 Å². The summed E-state index contributed by atoms with van der Waals surface area (Å²) in [6, 6.07) is 8.71. The van der Waals surface area contributed by atoms with Gasteiger partial charge in [0.1, 0.15) is 11.5 Å². The molecular formula is C24H23FN8O. The fourth-order valence-electron chi connectivity index (χ4n) is 3.77. The van der Waals surface area contributed by atoms with Crippen LogP contribution in [0.4, 0.5) is 16.2 Å². The summed E-state index contributed by atoms with van der Waals surface area (Å²) in [5.74, 6) is 0.0403. The molecule has 2 N–H and O–H groups in total. The molecule has 172 valence electrons. The van der Waals surface area contributed by atoms with E-state index in [4.69, 9.17) is 0 Å². The van der Waals surface area contributed by atoms with Gasteiger partial charge in [-0.15, -0.1) is 0 Å². The molecule has 0 aliphatic carbocycles. The molecule has 0 atom stereocenters. The molecule has 10 heteroatoms. The average molecular weight is 459 g/mol. The van der Waals surface area contributed by atoms with Gasteiger partial charge in [0, 0.05) is 37.9 Å². The zero-order valence-corrected chi connectivity index (χ0v) is 18.8. The van der Waals surface area contributed by atoms with Gasteiger partial charge in [-0.25, -0.2) is 29.3 Å². The van der Waals surface area contributed by atoms with Crippen LogP contribution in [0.25, 0.3) is 22.3 Å². The molecule has 5 rings (SSSR count). The lowest BCUT2D eigenvalue weighted by molar-refractivity contribution is 0.0735. The van der Waals surface area contributed by atoms with E-state index in [0.29, 0.717) is 35.6 Å². The molecule has 3 aromatic heterocycles. The van der Waals surface area contributed by atoms with E-state index in [-0.39, 0.29) is 17.5 Å². The molecule has 34 heavy (non-hydrogen) atoms. The Morgan fingerprint density at radius 3 is 2.47 bits per heavy atom. The second-order valence-electron chi connectivity index (χ2n) is 8.09. The number of nitrogens with zero attached hydrogens (tertiary/aromatic N) is 6. The summed E-state index contributed by atoms with van der Waals surface area (Å²) in [6.07, 6.45) is 2.63. The molecule has 0 bridgehead atoms. The van der Waals surface area contributed by atoms with Crippen LogP contribution < -0.4 is 10.6 Å². The minimum absolute atomic E-state index is 0.0503. The van der Waals surface area contributed by atoms with E-state index in [9.17, 15) is 9.18 Å². The first-order valence-corrected chi connectivity index (χ1v) is 11.0. The largest absolute Gasteiger partial charge is 0.336 e. The van der Waals surface area contributed by atoms with Crippen LogP contribution >= 0.6 is 0 Å². The van der Waals surface area contributed by atoms with E-state index < -0.39 is 5.82 Å². The van der Waals surface area contributed by atoms with Gasteiger partial charge >= 0.3 is 0 Å². The Bertz CT molecular complexity index is 1370. The molecule has 0 spiro atoms. The highest BCUT2D eigenvalue weighted by Crippen LogP contribution is 2.25. The summed E-state index contributed by atoms with van der Waals surface area (Å²) in [4.78, 5) is 36.2. The molecule has 9 nitrogen and oxygen atoms in total. The number of fused-ring (bicyclic) bond motifs is 1. The third kappa shape index (κ3) is 4.40. The van der Waals surface area contributed by atoms with Crippen LogP contribution in [0.3, 0.4) is 0 Å². The van der Waals surface area contributed by atoms with Gasteiger partial charge in [-0.3, -0.25) is 4.79 Å². The summed E-state index contributed by atoms with van der Waals surface area (Å²) >= 11 is 0. The Morgan fingerprint density at radius 2 is 1.74 bits per heavy atom. The van der Waals surface area contributed by atoms with E-state index in [2.05, 4.69) is 35.6 Å². The zero-order chi connectivity index (χ0) is 23.7. The maximum atomic E-state index is 14.6. The third-order valence-electron chi connectivity index (χ3n) is 5.75. The SMILES string of the molecule is Cc1nc2ccc(-c3nc(Nc4ccc(C(=O)N5CCNCC5)cn4)ncc3F)cc2nc1C. The highest BCUT2D eigenvalue weighted by atomic mass is 19.1.